The van der Waals surface area contributed by atoms with E-state index in [1.807, 2.05) is 19.0 Å². The third-order valence-electron chi connectivity index (χ3n) is 2.35. The van der Waals surface area contributed by atoms with Gasteiger partial charge in [0, 0.05) is 6.54 Å². The number of likely N-dealkylation sites (N-methyl/N-ethyl adjacent to an activating group) is 1. The standard InChI is InChI=1S/C11H16Cl2N2O/c1-15(2)8(6-14)7-16-10-5-3-4-9(12)11(10)13/h3-5,8H,6-7,14H2,1-2H3. The number of hydrogen-bond acceptors (Lipinski definition) is 3. The van der Waals surface area contributed by atoms with E-state index < -0.39 is 0 Å². The summed E-state index contributed by atoms with van der Waals surface area (Å²) in [5.41, 5.74) is 5.63. The Morgan fingerprint density at radius 1 is 1.38 bits per heavy atom. The molecule has 0 saturated heterocycles. The Balaban J connectivity index is 2.64. The lowest BCUT2D eigenvalue weighted by Crippen LogP contribution is -2.39. The minimum Gasteiger partial charge on any atom is -0.490 e. The number of nitrogens with zero attached hydrogens (tertiary/aromatic N) is 1. The first-order chi connectivity index (χ1) is 7.56. The van der Waals surface area contributed by atoms with Gasteiger partial charge in [-0.3, -0.25) is 0 Å². The monoisotopic (exact) mass is 262 g/mol. The van der Waals surface area contributed by atoms with Crippen LogP contribution in [0.2, 0.25) is 10.0 Å². The van der Waals surface area contributed by atoms with E-state index in [0.29, 0.717) is 28.9 Å². The summed E-state index contributed by atoms with van der Waals surface area (Å²) in [5, 5.41) is 0.937. The Morgan fingerprint density at radius 2 is 2.06 bits per heavy atom. The van der Waals surface area contributed by atoms with Gasteiger partial charge in [-0.1, -0.05) is 29.3 Å². The molecule has 1 unspecified atom stereocenters. The van der Waals surface area contributed by atoms with Crippen molar-refractivity contribution < 1.29 is 4.74 Å². The summed E-state index contributed by atoms with van der Waals surface area (Å²) in [5.74, 6) is 0.592. The van der Waals surface area contributed by atoms with Gasteiger partial charge in [0.05, 0.1) is 11.1 Å². The molecule has 0 aromatic heterocycles. The van der Waals surface area contributed by atoms with Crippen molar-refractivity contribution in [1.29, 1.82) is 0 Å². The highest BCUT2D eigenvalue weighted by Gasteiger charge is 2.12. The SMILES string of the molecule is CN(C)C(CN)COc1cccc(Cl)c1Cl. The molecule has 1 atom stereocenters. The van der Waals surface area contributed by atoms with Gasteiger partial charge in [0.2, 0.25) is 0 Å². The molecule has 3 nitrogen and oxygen atoms in total. The van der Waals surface area contributed by atoms with E-state index in [4.69, 9.17) is 33.7 Å². The van der Waals surface area contributed by atoms with Crippen LogP contribution in [0.5, 0.6) is 5.75 Å². The van der Waals surface area contributed by atoms with Gasteiger partial charge in [-0.05, 0) is 26.2 Å². The van der Waals surface area contributed by atoms with Crippen LogP contribution < -0.4 is 10.5 Å². The van der Waals surface area contributed by atoms with E-state index in [1.165, 1.54) is 0 Å². The first-order valence-corrected chi connectivity index (χ1v) is 5.75. The van der Waals surface area contributed by atoms with Gasteiger partial charge in [0.1, 0.15) is 17.4 Å². The van der Waals surface area contributed by atoms with Crippen molar-refractivity contribution in [3.63, 3.8) is 0 Å². The van der Waals surface area contributed by atoms with Crippen molar-refractivity contribution in [2.24, 2.45) is 5.73 Å². The maximum atomic E-state index is 6.00. The van der Waals surface area contributed by atoms with Crippen molar-refractivity contribution in [2.75, 3.05) is 27.2 Å². The predicted octanol–water partition coefficient (Wildman–Crippen LogP) is 2.26. The number of hydrogen-bond donors (Lipinski definition) is 1. The van der Waals surface area contributed by atoms with Crippen LogP contribution in [0.15, 0.2) is 18.2 Å². The molecule has 1 aromatic rings. The molecule has 0 aliphatic carbocycles. The van der Waals surface area contributed by atoms with E-state index in [1.54, 1.807) is 18.2 Å². The summed E-state index contributed by atoms with van der Waals surface area (Å²) in [4.78, 5) is 2.01. The smallest absolute Gasteiger partial charge is 0.139 e. The molecule has 2 N–H and O–H groups in total. The van der Waals surface area contributed by atoms with Crippen molar-refractivity contribution in [1.82, 2.24) is 4.90 Å². The number of halogens is 2. The van der Waals surface area contributed by atoms with Crippen LogP contribution in [0.1, 0.15) is 0 Å². The minimum absolute atomic E-state index is 0.162. The van der Waals surface area contributed by atoms with E-state index in [-0.39, 0.29) is 6.04 Å². The number of rotatable bonds is 5. The fourth-order valence-corrected chi connectivity index (χ4v) is 1.56. The van der Waals surface area contributed by atoms with Crippen molar-refractivity contribution >= 4 is 23.2 Å². The molecule has 5 heteroatoms. The van der Waals surface area contributed by atoms with Crippen LogP contribution in [0, 0.1) is 0 Å². The van der Waals surface area contributed by atoms with E-state index in [9.17, 15) is 0 Å². The summed E-state index contributed by atoms with van der Waals surface area (Å²) in [6, 6.07) is 5.48. The second kappa shape index (κ2) is 6.30. The van der Waals surface area contributed by atoms with Crippen LogP contribution in [0.3, 0.4) is 0 Å². The molecule has 0 heterocycles. The first-order valence-electron chi connectivity index (χ1n) is 4.99. The molecular weight excluding hydrogens is 247 g/mol. The lowest BCUT2D eigenvalue weighted by Gasteiger charge is -2.23. The van der Waals surface area contributed by atoms with Gasteiger partial charge in [-0.15, -0.1) is 0 Å². The largest absolute Gasteiger partial charge is 0.490 e. The lowest BCUT2D eigenvalue weighted by molar-refractivity contribution is 0.190. The Bertz CT molecular complexity index is 345. The zero-order chi connectivity index (χ0) is 12.1. The maximum absolute atomic E-state index is 6.00. The third kappa shape index (κ3) is 3.52. The van der Waals surface area contributed by atoms with Crippen LogP contribution >= 0.6 is 23.2 Å². The van der Waals surface area contributed by atoms with Gasteiger partial charge in [-0.2, -0.15) is 0 Å². The molecular formula is C11H16Cl2N2O. The second-order valence-electron chi connectivity index (χ2n) is 3.72. The zero-order valence-corrected chi connectivity index (χ0v) is 10.9. The normalized spacial score (nSPS) is 12.9. The maximum Gasteiger partial charge on any atom is 0.139 e. The van der Waals surface area contributed by atoms with E-state index in [2.05, 4.69) is 0 Å². The number of ether oxygens (including phenoxy) is 1. The Hall–Kier alpha value is -0.480. The van der Waals surface area contributed by atoms with Crippen molar-refractivity contribution in [3.05, 3.63) is 28.2 Å². The summed E-state index contributed by atoms with van der Waals surface area (Å²) in [6.07, 6.45) is 0. The summed E-state index contributed by atoms with van der Waals surface area (Å²) >= 11 is 11.9. The summed E-state index contributed by atoms with van der Waals surface area (Å²) in [7, 11) is 3.92. The molecule has 1 rings (SSSR count). The van der Waals surface area contributed by atoms with E-state index in [0.717, 1.165) is 0 Å². The molecule has 1 aromatic carbocycles. The van der Waals surface area contributed by atoms with Gasteiger partial charge in [0.15, 0.2) is 0 Å². The van der Waals surface area contributed by atoms with Gasteiger partial charge >= 0.3 is 0 Å². The van der Waals surface area contributed by atoms with Gasteiger partial charge in [-0.25, -0.2) is 0 Å². The molecule has 0 aliphatic heterocycles. The molecule has 0 saturated carbocycles. The highest BCUT2D eigenvalue weighted by Crippen LogP contribution is 2.31. The molecule has 16 heavy (non-hydrogen) atoms. The summed E-state index contributed by atoms with van der Waals surface area (Å²) in [6.45, 7) is 1.02. The second-order valence-corrected chi connectivity index (χ2v) is 4.50. The highest BCUT2D eigenvalue weighted by molar-refractivity contribution is 6.42. The highest BCUT2D eigenvalue weighted by atomic mass is 35.5. The average molecular weight is 263 g/mol. The zero-order valence-electron chi connectivity index (χ0n) is 9.41. The van der Waals surface area contributed by atoms with Gasteiger partial charge in [0.25, 0.3) is 0 Å². The topological polar surface area (TPSA) is 38.5 Å². The molecule has 90 valence electrons. The summed E-state index contributed by atoms with van der Waals surface area (Å²) < 4.78 is 5.59. The predicted molar refractivity (Wildman–Crippen MR) is 68.5 cm³/mol. The van der Waals surface area contributed by atoms with Crippen molar-refractivity contribution in [3.8, 4) is 5.75 Å². The molecule has 0 bridgehead atoms. The van der Waals surface area contributed by atoms with Gasteiger partial charge < -0.3 is 15.4 Å². The number of benzene rings is 1. The van der Waals surface area contributed by atoms with Crippen LogP contribution in [-0.4, -0.2) is 38.2 Å². The molecule has 0 radical (unpaired) electrons. The number of nitrogens with two attached hydrogens (primary N) is 1. The van der Waals surface area contributed by atoms with E-state index >= 15 is 0 Å². The fourth-order valence-electron chi connectivity index (χ4n) is 1.21. The Morgan fingerprint density at radius 3 is 2.62 bits per heavy atom. The quantitative estimate of drug-likeness (QED) is 0.885. The Kier molecular flexibility index (Phi) is 5.35. The molecule has 0 amide bonds. The molecule has 0 spiro atoms. The Labute approximate surface area is 106 Å². The minimum atomic E-state index is 0.162. The van der Waals surface area contributed by atoms with Crippen LogP contribution in [0.4, 0.5) is 0 Å². The lowest BCUT2D eigenvalue weighted by atomic mass is 10.3. The van der Waals surface area contributed by atoms with Crippen LogP contribution in [-0.2, 0) is 0 Å². The van der Waals surface area contributed by atoms with Crippen LogP contribution in [0.25, 0.3) is 0 Å². The van der Waals surface area contributed by atoms with Crippen molar-refractivity contribution in [2.45, 2.75) is 6.04 Å². The first kappa shape index (κ1) is 13.6. The fraction of sp³-hybridized carbons (Fsp3) is 0.455. The average Bonchev–Trinajstić information content (AvgIpc) is 2.24. The third-order valence-corrected chi connectivity index (χ3v) is 3.15. The molecule has 0 fully saturated rings. The molecule has 0 aliphatic rings.